The molecule has 0 spiro atoms. The van der Waals surface area contributed by atoms with Crippen LogP contribution in [0, 0.1) is 76.9 Å². The first kappa shape index (κ1) is 93.6. The van der Waals surface area contributed by atoms with Crippen molar-refractivity contribution in [1.82, 2.24) is 21.3 Å². The fraction of sp³-hybridized carbons (Fsp3) is 0.894. The minimum absolute atomic E-state index is 0. The molecule has 6 unspecified atom stereocenters. The molecule has 0 aromatic heterocycles. The van der Waals surface area contributed by atoms with Gasteiger partial charge in [0.15, 0.2) is 5.78 Å². The van der Waals surface area contributed by atoms with E-state index >= 15 is 0 Å². The Balaban J connectivity index is -0.000000158. The highest BCUT2D eigenvalue weighted by molar-refractivity contribution is 7.99. The van der Waals surface area contributed by atoms with Gasteiger partial charge in [0.2, 0.25) is 0 Å². The summed E-state index contributed by atoms with van der Waals surface area (Å²) in [6.45, 7) is 37.0. The highest BCUT2D eigenvalue weighted by atomic mass is 32.2. The number of nitrogens with one attached hydrogen (secondary N) is 4. The molecule has 4 N–H and O–H groups in total. The largest absolute Gasteiger partial charge is 0.381 e. The molecule has 0 aliphatic carbocycles. The summed E-state index contributed by atoms with van der Waals surface area (Å²) in [6.07, 6.45) is 8.91. The van der Waals surface area contributed by atoms with Crippen LogP contribution in [-0.4, -0.2) is 146 Å². The number of carbonyl (C=O) groups is 7. The van der Waals surface area contributed by atoms with Gasteiger partial charge in [0.05, 0.1) is 12.6 Å². The third kappa shape index (κ3) is 38.9. The second kappa shape index (κ2) is 53.2. The highest BCUT2D eigenvalue weighted by Crippen LogP contribution is 2.26. The van der Waals surface area contributed by atoms with Gasteiger partial charge in [-0.1, -0.05) is 149 Å². The molecule has 7 fully saturated rings. The maximum Gasteiger partial charge on any atom is 0.153 e. The Morgan fingerprint density at radius 2 is 0.793 bits per heavy atom. The number of hydrogen-bond donors (Lipinski definition) is 4. The summed E-state index contributed by atoms with van der Waals surface area (Å²) in [7, 11) is -0.728. The first-order valence-electron chi connectivity index (χ1n) is 29.1. The van der Waals surface area contributed by atoms with Crippen LogP contribution in [0.2, 0.25) is 0 Å². The van der Waals surface area contributed by atoms with Crippen molar-refractivity contribution < 1.29 is 47.2 Å². The van der Waals surface area contributed by atoms with E-state index in [4.69, 9.17) is 9.47 Å². The number of piperidine rings is 1. The van der Waals surface area contributed by atoms with E-state index in [2.05, 4.69) is 21.3 Å². The summed E-state index contributed by atoms with van der Waals surface area (Å²) in [4.78, 5) is 79.7. The molecule has 0 radical (unpaired) electrons. The molecule has 7 aliphatic heterocycles. The molecule has 0 aromatic carbocycles. The van der Waals surface area contributed by atoms with Crippen LogP contribution in [-0.2, 0) is 53.8 Å². The Morgan fingerprint density at radius 1 is 0.402 bits per heavy atom. The predicted octanol–water partition coefficient (Wildman–Crippen LogP) is 12.5. The van der Waals surface area contributed by atoms with E-state index in [1.54, 1.807) is 0 Å². The zero-order valence-corrected chi connectivity index (χ0v) is 51.1. The van der Waals surface area contributed by atoms with Crippen molar-refractivity contribution in [3.8, 4) is 0 Å². The average Bonchev–Trinajstić information content (AvgIpc) is 4.25. The molecule has 7 aliphatic rings. The maximum atomic E-state index is 11.5. The number of ketones is 7. The Labute approximate surface area is 514 Å². The van der Waals surface area contributed by atoms with Gasteiger partial charge < -0.3 is 30.7 Å². The fourth-order valence-corrected chi connectivity index (χ4v) is 12.4. The first-order chi connectivity index (χ1) is 35.4. The number of piperazine rings is 1. The van der Waals surface area contributed by atoms with Crippen LogP contribution in [0.3, 0.4) is 0 Å². The van der Waals surface area contributed by atoms with Crippen molar-refractivity contribution in [3.63, 3.8) is 0 Å². The number of ether oxygens (including phenoxy) is 2. The van der Waals surface area contributed by atoms with Crippen molar-refractivity contribution >= 4 is 63.0 Å². The van der Waals surface area contributed by atoms with E-state index < -0.39 is 10.8 Å². The Bertz CT molecular complexity index is 1510. The SMILES string of the molecule is C.C.C.C.C.C.C.CC(C)C(=O)C1CCCS(=O)C1.CC(C)C(=O)C1CCNC1.CC(C)C(=O)C1CCNCC1.CC(C)C(=O)C1CCOC1.CC(C)C(=O)C1CCOCC1.CC(C)C(=O)C1CCSC1.CC(C)C(=O)C1CNCCN1. The number of hydrogen-bond acceptors (Lipinski definition) is 15. The summed E-state index contributed by atoms with van der Waals surface area (Å²) < 4.78 is 21.4. The van der Waals surface area contributed by atoms with E-state index in [1.807, 2.05) is 109 Å². The molecule has 0 amide bonds. The molecule has 7 heterocycles. The van der Waals surface area contributed by atoms with Crippen LogP contribution in [0.4, 0.5) is 0 Å². The molecular formula is C66H136N4O10S2. The van der Waals surface area contributed by atoms with Crippen LogP contribution in [0.5, 0.6) is 0 Å². The molecule has 16 heteroatoms. The van der Waals surface area contributed by atoms with Gasteiger partial charge in [-0.3, -0.25) is 37.8 Å². The van der Waals surface area contributed by atoms with Crippen molar-refractivity contribution in [2.24, 2.45) is 76.9 Å². The number of rotatable bonds is 14. The molecule has 82 heavy (non-hydrogen) atoms. The van der Waals surface area contributed by atoms with Gasteiger partial charge in [-0.2, -0.15) is 11.8 Å². The predicted molar refractivity (Wildman–Crippen MR) is 356 cm³/mol. The zero-order chi connectivity index (χ0) is 56.6. The molecule has 0 saturated carbocycles. The van der Waals surface area contributed by atoms with E-state index in [1.165, 1.54) is 5.75 Å². The third-order valence-corrected chi connectivity index (χ3v) is 17.3. The van der Waals surface area contributed by atoms with Crippen LogP contribution in [0.15, 0.2) is 0 Å². The van der Waals surface area contributed by atoms with Crippen molar-refractivity contribution in [2.45, 2.75) is 213 Å². The van der Waals surface area contributed by atoms with E-state index in [0.29, 0.717) is 70.6 Å². The molecule has 14 nitrogen and oxygen atoms in total. The Morgan fingerprint density at radius 3 is 1.18 bits per heavy atom. The number of Topliss-reactive ketones (excluding diaryl/α,β-unsaturated/α-hetero) is 7. The third-order valence-electron chi connectivity index (χ3n) is 14.6. The Kier molecular flexibility index (Phi) is 60.8. The van der Waals surface area contributed by atoms with Crippen LogP contribution < -0.4 is 21.3 Å². The first-order valence-corrected chi connectivity index (χ1v) is 31.7. The van der Waals surface area contributed by atoms with Crippen LogP contribution >= 0.6 is 11.8 Å². The monoisotopic (exact) mass is 1210 g/mol. The van der Waals surface area contributed by atoms with Gasteiger partial charge in [0.25, 0.3) is 0 Å². The minimum Gasteiger partial charge on any atom is -0.381 e. The summed E-state index contributed by atoms with van der Waals surface area (Å²) in [5.74, 6) is 9.24. The normalized spacial score (nSPS) is 22.8. The zero-order valence-electron chi connectivity index (χ0n) is 49.5. The molecule has 6 atom stereocenters. The van der Waals surface area contributed by atoms with Crippen LogP contribution in [0.1, 0.15) is 207 Å². The molecular weight excluding hydrogens is 1070 g/mol. The number of thioether (sulfide) groups is 1. The van der Waals surface area contributed by atoms with Gasteiger partial charge in [0.1, 0.15) is 34.7 Å². The summed E-state index contributed by atoms with van der Waals surface area (Å²) >= 11 is 1.91. The lowest BCUT2D eigenvalue weighted by Crippen LogP contribution is -2.53. The second-order valence-electron chi connectivity index (χ2n) is 23.5. The number of carbonyl (C=O) groups excluding carboxylic acids is 7. The lowest BCUT2D eigenvalue weighted by Gasteiger charge is -2.24. The van der Waals surface area contributed by atoms with Crippen molar-refractivity contribution in [1.29, 1.82) is 0 Å². The smallest absolute Gasteiger partial charge is 0.153 e. The molecule has 0 bridgehead atoms. The fourth-order valence-electron chi connectivity index (χ4n) is 9.70. The summed E-state index contributed by atoms with van der Waals surface area (Å²) in [5.41, 5.74) is 0. The molecule has 7 saturated heterocycles. The van der Waals surface area contributed by atoms with E-state index in [9.17, 15) is 37.8 Å². The van der Waals surface area contributed by atoms with Gasteiger partial charge in [-0.25, -0.2) is 0 Å². The topological polar surface area (TPSA) is 203 Å². The second-order valence-corrected chi connectivity index (χ2v) is 26.3. The molecule has 7 rings (SSSR count). The quantitative estimate of drug-likeness (QED) is 0.128. The van der Waals surface area contributed by atoms with E-state index in [-0.39, 0.29) is 117 Å². The van der Waals surface area contributed by atoms with Gasteiger partial charge >= 0.3 is 0 Å². The summed E-state index contributed by atoms with van der Waals surface area (Å²) in [6, 6.07) is 0.0451. The lowest BCUT2D eigenvalue weighted by atomic mass is 9.88. The van der Waals surface area contributed by atoms with Gasteiger partial charge in [-0.05, 0) is 83.2 Å². The van der Waals surface area contributed by atoms with Crippen molar-refractivity contribution in [3.05, 3.63) is 0 Å². The minimum atomic E-state index is -0.728. The Hall–Kier alpha value is -2.05. The summed E-state index contributed by atoms with van der Waals surface area (Å²) in [5, 5.41) is 12.8. The molecule has 492 valence electrons. The van der Waals surface area contributed by atoms with Gasteiger partial charge in [-0.15, -0.1) is 0 Å². The van der Waals surface area contributed by atoms with Gasteiger partial charge in [0, 0.05) is 151 Å². The molecule has 0 aromatic rings. The average molecular weight is 1210 g/mol. The highest BCUT2D eigenvalue weighted by Gasteiger charge is 2.29. The van der Waals surface area contributed by atoms with E-state index in [0.717, 1.165) is 135 Å². The lowest BCUT2D eigenvalue weighted by molar-refractivity contribution is -0.129. The maximum absolute atomic E-state index is 11.5. The van der Waals surface area contributed by atoms with Crippen molar-refractivity contribution in [2.75, 3.05) is 95.3 Å². The van der Waals surface area contributed by atoms with Crippen LogP contribution in [0.25, 0.3) is 0 Å². The standard InChI is InChI=1S/C9H17NO.C9H16O2S.C9H16O2.C8H16N2O.C8H15NO.C8H14O2.C8H14OS.7CH4/c1-7(2)9(11)8-3-5-10-6-4-8;1-7(2)9(10)8-4-3-5-12(11)6-8;1-7(2)9(10)8-3-5-11-6-4-8;1-6(2)8(11)7-5-9-3-4-10-7;1-6(2)8(10)7-3-4-9-5-7;2*1-6(2)8(9)7-3-4-10-5-7;;;;;;;/h7-8,10H,3-6H2,1-2H3;7-8H,3-6H2,1-2H3;7-8H,3-6H2,1-2H3;6-7,9-10H,3-5H2,1-2H3;6-7,9H,3-5H2,1-2H3;2*6-7H,3-5H2,1-2H3;7*1H4.